The van der Waals surface area contributed by atoms with Crippen molar-refractivity contribution < 1.29 is 14.7 Å². The number of nitrogens with zero attached hydrogens (tertiary/aromatic N) is 3. The number of anilines is 1. The molecule has 0 saturated carbocycles. The van der Waals surface area contributed by atoms with Crippen molar-refractivity contribution in [3.05, 3.63) is 18.0 Å². The Morgan fingerprint density at radius 3 is 2.85 bits per heavy atom. The van der Waals surface area contributed by atoms with Crippen molar-refractivity contribution in [3.63, 3.8) is 0 Å². The van der Waals surface area contributed by atoms with Gasteiger partial charge in [0.25, 0.3) is 0 Å². The standard InChI is InChI=1S/C12H15N5O3/c1-17-11-7(6-16-17)10(8(5-15-11)12(19)20)14-4-2-3-9(13)18/h5-6H,2-4H2,1H3,(H2,13,18)(H,14,15)(H,19,20). The lowest BCUT2D eigenvalue weighted by Crippen LogP contribution is -2.14. The molecule has 8 heteroatoms. The van der Waals surface area contributed by atoms with E-state index in [1.807, 2.05) is 0 Å². The highest BCUT2D eigenvalue weighted by molar-refractivity contribution is 6.03. The van der Waals surface area contributed by atoms with Crippen LogP contribution in [0, 0.1) is 0 Å². The summed E-state index contributed by atoms with van der Waals surface area (Å²) in [5.41, 5.74) is 6.18. The van der Waals surface area contributed by atoms with E-state index in [1.54, 1.807) is 17.9 Å². The molecule has 0 bridgehead atoms. The van der Waals surface area contributed by atoms with E-state index in [0.29, 0.717) is 29.7 Å². The van der Waals surface area contributed by atoms with Gasteiger partial charge in [-0.25, -0.2) is 9.78 Å². The lowest BCUT2D eigenvalue weighted by Gasteiger charge is -2.10. The molecule has 2 rings (SSSR count). The van der Waals surface area contributed by atoms with Crippen LogP contribution in [0.5, 0.6) is 0 Å². The van der Waals surface area contributed by atoms with Gasteiger partial charge in [-0.3, -0.25) is 9.48 Å². The summed E-state index contributed by atoms with van der Waals surface area (Å²) >= 11 is 0. The molecule has 0 saturated heterocycles. The zero-order chi connectivity index (χ0) is 14.7. The maximum absolute atomic E-state index is 11.2. The van der Waals surface area contributed by atoms with Crippen LogP contribution in [0.4, 0.5) is 5.69 Å². The minimum atomic E-state index is -1.07. The van der Waals surface area contributed by atoms with E-state index in [0.717, 1.165) is 0 Å². The van der Waals surface area contributed by atoms with Crippen LogP contribution in [-0.2, 0) is 11.8 Å². The molecule has 0 radical (unpaired) electrons. The van der Waals surface area contributed by atoms with Crippen LogP contribution in [0.25, 0.3) is 11.0 Å². The average molecular weight is 277 g/mol. The van der Waals surface area contributed by atoms with Crippen LogP contribution < -0.4 is 11.1 Å². The van der Waals surface area contributed by atoms with Gasteiger partial charge in [0.1, 0.15) is 5.56 Å². The summed E-state index contributed by atoms with van der Waals surface area (Å²) in [5.74, 6) is -1.45. The number of rotatable bonds is 6. The molecule has 8 nitrogen and oxygen atoms in total. The van der Waals surface area contributed by atoms with E-state index >= 15 is 0 Å². The molecule has 20 heavy (non-hydrogen) atoms. The first kappa shape index (κ1) is 13.8. The topological polar surface area (TPSA) is 123 Å². The number of carboxylic acid groups (broad SMARTS) is 1. The molecule has 0 unspecified atom stereocenters. The van der Waals surface area contributed by atoms with Gasteiger partial charge in [0.05, 0.1) is 17.3 Å². The largest absolute Gasteiger partial charge is 0.478 e. The van der Waals surface area contributed by atoms with Gasteiger partial charge in [0.2, 0.25) is 5.91 Å². The molecule has 1 amide bonds. The minimum absolute atomic E-state index is 0.0737. The van der Waals surface area contributed by atoms with Crippen LogP contribution in [0.2, 0.25) is 0 Å². The van der Waals surface area contributed by atoms with Crippen LogP contribution in [-0.4, -0.2) is 38.3 Å². The van der Waals surface area contributed by atoms with Crippen molar-refractivity contribution in [1.82, 2.24) is 14.8 Å². The van der Waals surface area contributed by atoms with Gasteiger partial charge >= 0.3 is 5.97 Å². The molecule has 2 heterocycles. The SMILES string of the molecule is Cn1ncc2c(NCCCC(N)=O)c(C(=O)O)cnc21. The van der Waals surface area contributed by atoms with Crippen molar-refractivity contribution in [2.45, 2.75) is 12.8 Å². The molecular weight excluding hydrogens is 262 g/mol. The maximum atomic E-state index is 11.2. The summed E-state index contributed by atoms with van der Waals surface area (Å²) in [6.07, 6.45) is 3.63. The highest BCUT2D eigenvalue weighted by atomic mass is 16.4. The third kappa shape index (κ3) is 2.68. The number of carbonyl (C=O) groups is 2. The van der Waals surface area contributed by atoms with Gasteiger partial charge in [-0.05, 0) is 6.42 Å². The summed E-state index contributed by atoms with van der Waals surface area (Å²) in [6.45, 7) is 0.442. The molecule has 0 atom stereocenters. The number of carboxylic acids is 1. The minimum Gasteiger partial charge on any atom is -0.478 e. The fourth-order valence-corrected chi connectivity index (χ4v) is 1.92. The van der Waals surface area contributed by atoms with Gasteiger partial charge in [0.15, 0.2) is 5.65 Å². The van der Waals surface area contributed by atoms with Crippen molar-refractivity contribution in [2.75, 3.05) is 11.9 Å². The van der Waals surface area contributed by atoms with Gasteiger partial charge < -0.3 is 16.2 Å². The highest BCUT2D eigenvalue weighted by Crippen LogP contribution is 2.25. The van der Waals surface area contributed by atoms with Crippen molar-refractivity contribution in [1.29, 1.82) is 0 Å². The molecule has 4 N–H and O–H groups in total. The Morgan fingerprint density at radius 1 is 1.45 bits per heavy atom. The summed E-state index contributed by atoms with van der Waals surface area (Å²) in [7, 11) is 1.73. The Hall–Kier alpha value is -2.64. The van der Waals surface area contributed by atoms with Crippen LogP contribution >= 0.6 is 0 Å². The number of aromatic nitrogens is 3. The summed E-state index contributed by atoms with van der Waals surface area (Å²) in [5, 5.41) is 16.9. The Balaban J connectivity index is 2.30. The second-order valence-corrected chi connectivity index (χ2v) is 4.35. The normalized spacial score (nSPS) is 10.7. The predicted molar refractivity (Wildman–Crippen MR) is 72.4 cm³/mol. The number of amides is 1. The van der Waals surface area contributed by atoms with E-state index in [-0.39, 0.29) is 17.9 Å². The summed E-state index contributed by atoms with van der Waals surface area (Å²) in [6, 6.07) is 0. The first-order valence-corrected chi connectivity index (χ1v) is 6.07. The molecule has 0 aliphatic heterocycles. The third-order valence-corrected chi connectivity index (χ3v) is 2.89. The van der Waals surface area contributed by atoms with Gasteiger partial charge in [-0.1, -0.05) is 0 Å². The second-order valence-electron chi connectivity index (χ2n) is 4.35. The summed E-state index contributed by atoms with van der Waals surface area (Å²) in [4.78, 5) is 26.0. The number of nitrogens with one attached hydrogen (secondary N) is 1. The molecule has 0 aliphatic rings. The van der Waals surface area contributed by atoms with E-state index in [1.165, 1.54) is 6.20 Å². The molecule has 106 valence electrons. The highest BCUT2D eigenvalue weighted by Gasteiger charge is 2.16. The number of aromatic carboxylic acids is 1. The molecule has 0 aromatic carbocycles. The number of carbonyl (C=O) groups excluding carboxylic acids is 1. The van der Waals surface area contributed by atoms with E-state index < -0.39 is 5.97 Å². The number of hydrogen-bond donors (Lipinski definition) is 3. The zero-order valence-electron chi connectivity index (χ0n) is 11.0. The van der Waals surface area contributed by atoms with Crippen LogP contribution in [0.1, 0.15) is 23.2 Å². The monoisotopic (exact) mass is 277 g/mol. The van der Waals surface area contributed by atoms with E-state index in [9.17, 15) is 14.7 Å². The molecular formula is C12H15N5O3. The van der Waals surface area contributed by atoms with E-state index in [2.05, 4.69) is 15.4 Å². The molecule has 2 aromatic rings. The van der Waals surface area contributed by atoms with Gasteiger partial charge in [-0.15, -0.1) is 0 Å². The fourth-order valence-electron chi connectivity index (χ4n) is 1.92. The quantitative estimate of drug-likeness (QED) is 0.654. The second kappa shape index (κ2) is 5.55. The molecule has 0 aliphatic carbocycles. The number of aryl methyl sites for hydroxylation is 1. The lowest BCUT2D eigenvalue weighted by molar-refractivity contribution is -0.118. The summed E-state index contributed by atoms with van der Waals surface area (Å²) < 4.78 is 1.57. The zero-order valence-corrected chi connectivity index (χ0v) is 11.0. The smallest absolute Gasteiger partial charge is 0.339 e. The first-order valence-electron chi connectivity index (χ1n) is 6.07. The predicted octanol–water partition coefficient (Wildman–Crippen LogP) is 0.344. The van der Waals surface area contributed by atoms with Gasteiger partial charge in [0, 0.05) is 26.2 Å². The Bertz CT molecular complexity index is 664. The number of nitrogens with two attached hydrogens (primary N) is 1. The molecule has 2 aromatic heterocycles. The molecule has 0 spiro atoms. The van der Waals surface area contributed by atoms with Gasteiger partial charge in [-0.2, -0.15) is 5.10 Å². The van der Waals surface area contributed by atoms with Crippen molar-refractivity contribution in [2.24, 2.45) is 12.8 Å². The van der Waals surface area contributed by atoms with Crippen LogP contribution in [0.3, 0.4) is 0 Å². The number of hydrogen-bond acceptors (Lipinski definition) is 5. The maximum Gasteiger partial charge on any atom is 0.339 e. The third-order valence-electron chi connectivity index (χ3n) is 2.89. The van der Waals surface area contributed by atoms with E-state index in [4.69, 9.17) is 5.73 Å². The number of primary amides is 1. The van der Waals surface area contributed by atoms with Crippen molar-refractivity contribution >= 4 is 28.6 Å². The lowest BCUT2D eigenvalue weighted by atomic mass is 10.1. The number of pyridine rings is 1. The molecule has 0 fully saturated rings. The Labute approximate surface area is 114 Å². The fraction of sp³-hybridized carbons (Fsp3) is 0.333. The Morgan fingerprint density at radius 2 is 2.20 bits per heavy atom. The van der Waals surface area contributed by atoms with Crippen LogP contribution in [0.15, 0.2) is 12.4 Å². The Kier molecular flexibility index (Phi) is 3.83. The van der Waals surface area contributed by atoms with Crippen molar-refractivity contribution in [3.8, 4) is 0 Å². The first-order chi connectivity index (χ1) is 9.50. The number of fused-ring (bicyclic) bond motifs is 1. The average Bonchev–Trinajstić information content (AvgIpc) is 2.76.